The lowest BCUT2D eigenvalue weighted by Gasteiger charge is -2.48. The molecule has 0 aromatic carbocycles. The van der Waals surface area contributed by atoms with E-state index in [4.69, 9.17) is 28.4 Å². The molecule has 3 rings (SSSR count). The number of rotatable bonds is 44. The SMILES string of the molecule is CCCCCCCCCCCCC/C=C/C(O)C(COC1OC(CO)C(OC2OC(CO)C(OC3OC(CO)C(O)C(O)C3O)C(O)C2O)C(O)C1O)NC(=O)CCCCCCCCCCCCCCCCCCCC. The van der Waals surface area contributed by atoms with Crippen LogP contribution in [0.25, 0.3) is 0 Å². The number of aliphatic hydroxyl groups is 11. The molecule has 0 saturated carbocycles. The Balaban J connectivity index is 1.50. The molecule has 0 bridgehead atoms. The predicted octanol–water partition coefficient (Wildman–Crippen LogP) is 4.99. The Hall–Kier alpha value is -1.47. The minimum atomic E-state index is -1.97. The van der Waals surface area contributed by atoms with Crippen LogP contribution in [0, 0.1) is 0 Å². The van der Waals surface area contributed by atoms with Gasteiger partial charge in [-0.25, -0.2) is 0 Å². The Labute approximate surface area is 455 Å². The van der Waals surface area contributed by atoms with E-state index in [1.54, 1.807) is 6.08 Å². The largest absolute Gasteiger partial charge is 0.394 e. The van der Waals surface area contributed by atoms with Gasteiger partial charge in [0.1, 0.15) is 73.2 Å². The normalized spacial score (nSPS) is 31.0. The molecular weight excluding hydrogens is 987 g/mol. The number of unbranched alkanes of at least 4 members (excludes halogenated alkanes) is 28. The zero-order valence-corrected chi connectivity index (χ0v) is 46.5. The highest BCUT2D eigenvalue weighted by atomic mass is 16.8. The molecule has 0 spiro atoms. The number of hydrogen-bond donors (Lipinski definition) is 12. The summed E-state index contributed by atoms with van der Waals surface area (Å²) in [4.78, 5) is 13.3. The molecule has 19 heteroatoms. The molecule has 0 aliphatic carbocycles. The van der Waals surface area contributed by atoms with Crippen LogP contribution in [0.5, 0.6) is 0 Å². The summed E-state index contributed by atoms with van der Waals surface area (Å²) >= 11 is 0. The van der Waals surface area contributed by atoms with Crippen molar-refractivity contribution in [2.75, 3.05) is 26.4 Å². The van der Waals surface area contributed by atoms with Crippen LogP contribution in [0.15, 0.2) is 12.2 Å². The second-order valence-electron chi connectivity index (χ2n) is 21.8. The number of hydrogen-bond acceptors (Lipinski definition) is 18. The van der Waals surface area contributed by atoms with Crippen LogP contribution >= 0.6 is 0 Å². The zero-order chi connectivity index (χ0) is 55.5. The van der Waals surface area contributed by atoms with E-state index in [0.29, 0.717) is 6.42 Å². The molecule has 3 saturated heterocycles. The van der Waals surface area contributed by atoms with Crippen molar-refractivity contribution in [3.63, 3.8) is 0 Å². The summed E-state index contributed by atoms with van der Waals surface area (Å²) < 4.78 is 34.2. The number of carbonyl (C=O) groups excluding carboxylic acids is 1. The maximum absolute atomic E-state index is 13.3. The molecule has 0 aromatic heterocycles. The van der Waals surface area contributed by atoms with Gasteiger partial charge in [0.2, 0.25) is 5.91 Å². The highest BCUT2D eigenvalue weighted by Gasteiger charge is 2.53. The molecule has 3 aliphatic heterocycles. The van der Waals surface area contributed by atoms with Crippen molar-refractivity contribution in [2.45, 2.75) is 317 Å². The van der Waals surface area contributed by atoms with Gasteiger partial charge in [-0.05, 0) is 19.3 Å². The first-order valence-corrected chi connectivity index (χ1v) is 29.9. The Morgan fingerprint density at radius 3 is 1.24 bits per heavy atom. The molecule has 17 atom stereocenters. The van der Waals surface area contributed by atoms with Gasteiger partial charge in [-0.1, -0.05) is 199 Å². The topological polar surface area (TPSA) is 307 Å². The van der Waals surface area contributed by atoms with Gasteiger partial charge in [0.15, 0.2) is 18.9 Å². The van der Waals surface area contributed by atoms with Crippen LogP contribution in [0.1, 0.15) is 213 Å². The quantitative estimate of drug-likeness (QED) is 0.0283. The lowest BCUT2D eigenvalue weighted by atomic mass is 9.96. The van der Waals surface area contributed by atoms with E-state index in [-0.39, 0.29) is 18.9 Å². The van der Waals surface area contributed by atoms with Crippen LogP contribution in [0.4, 0.5) is 0 Å². The summed E-state index contributed by atoms with van der Waals surface area (Å²) in [6, 6.07) is -0.966. The van der Waals surface area contributed by atoms with Crippen molar-refractivity contribution in [3.05, 3.63) is 12.2 Å². The smallest absolute Gasteiger partial charge is 0.220 e. The predicted molar refractivity (Wildman–Crippen MR) is 287 cm³/mol. The van der Waals surface area contributed by atoms with Gasteiger partial charge in [0, 0.05) is 6.42 Å². The van der Waals surface area contributed by atoms with Gasteiger partial charge in [-0.3, -0.25) is 4.79 Å². The van der Waals surface area contributed by atoms with Crippen LogP contribution in [-0.4, -0.2) is 193 Å². The van der Waals surface area contributed by atoms with Gasteiger partial charge < -0.3 is 89.9 Å². The lowest BCUT2D eigenvalue weighted by molar-refractivity contribution is -0.379. The molecule has 3 fully saturated rings. The third-order valence-corrected chi connectivity index (χ3v) is 15.3. The maximum Gasteiger partial charge on any atom is 0.220 e. The summed E-state index contributed by atoms with van der Waals surface area (Å²) in [5.74, 6) is -0.273. The molecule has 76 heavy (non-hydrogen) atoms. The first-order valence-electron chi connectivity index (χ1n) is 29.9. The van der Waals surface area contributed by atoms with Crippen molar-refractivity contribution in [1.29, 1.82) is 0 Å². The van der Waals surface area contributed by atoms with Crippen molar-refractivity contribution in [2.24, 2.45) is 0 Å². The minimum absolute atomic E-state index is 0.249. The molecule has 3 heterocycles. The Kier molecular flexibility index (Phi) is 37.6. The fourth-order valence-corrected chi connectivity index (χ4v) is 10.4. The van der Waals surface area contributed by atoms with Gasteiger partial charge in [0.05, 0.1) is 38.6 Å². The number of amides is 1. The Morgan fingerprint density at radius 2 is 0.816 bits per heavy atom. The van der Waals surface area contributed by atoms with Gasteiger partial charge in [-0.15, -0.1) is 0 Å². The molecular formula is C57H107NO18. The maximum atomic E-state index is 13.3. The summed E-state index contributed by atoms with van der Waals surface area (Å²) in [6.45, 7) is 1.72. The highest BCUT2D eigenvalue weighted by Crippen LogP contribution is 2.33. The third kappa shape index (κ3) is 25.5. The van der Waals surface area contributed by atoms with E-state index in [1.807, 2.05) is 6.08 Å². The lowest BCUT2D eigenvalue weighted by Crippen LogP contribution is -2.66. The fraction of sp³-hybridized carbons (Fsp3) is 0.947. The average Bonchev–Trinajstić information content (AvgIpc) is 3.42. The Morgan fingerprint density at radius 1 is 0.461 bits per heavy atom. The third-order valence-electron chi connectivity index (χ3n) is 15.3. The van der Waals surface area contributed by atoms with E-state index in [9.17, 15) is 61.0 Å². The van der Waals surface area contributed by atoms with Crippen molar-refractivity contribution >= 4 is 5.91 Å². The summed E-state index contributed by atoms with van der Waals surface area (Å²) in [7, 11) is 0. The molecule has 19 nitrogen and oxygen atoms in total. The molecule has 448 valence electrons. The van der Waals surface area contributed by atoms with Gasteiger partial charge >= 0.3 is 0 Å². The molecule has 0 radical (unpaired) electrons. The molecule has 17 unspecified atom stereocenters. The number of allylic oxidation sites excluding steroid dienone is 1. The van der Waals surface area contributed by atoms with Gasteiger partial charge in [-0.2, -0.15) is 0 Å². The number of nitrogens with one attached hydrogen (secondary N) is 1. The number of ether oxygens (including phenoxy) is 6. The van der Waals surface area contributed by atoms with E-state index < -0.39 is 124 Å². The van der Waals surface area contributed by atoms with Crippen LogP contribution in [-0.2, 0) is 33.2 Å². The first kappa shape index (κ1) is 68.8. The fourth-order valence-electron chi connectivity index (χ4n) is 10.4. The molecule has 1 amide bonds. The van der Waals surface area contributed by atoms with Crippen molar-refractivity contribution in [1.82, 2.24) is 5.32 Å². The van der Waals surface area contributed by atoms with Gasteiger partial charge in [0.25, 0.3) is 0 Å². The molecule has 12 N–H and O–H groups in total. The van der Waals surface area contributed by atoms with Crippen molar-refractivity contribution in [3.8, 4) is 0 Å². The number of carbonyl (C=O) groups is 1. The standard InChI is InChI=1S/C57H107NO18/c1-3-5-7-9-11-13-15-17-18-19-20-21-23-25-27-29-31-33-35-45(63)58-40(41(62)34-32-30-28-26-24-22-16-14-12-10-8-6-4-2)39-71-55-51(69)48(66)53(43(37-60)73-55)76-57-52(70)49(67)54(44(38-61)74-57)75-56-50(68)47(65)46(64)42(36-59)72-56/h32,34,40-44,46-57,59-62,64-70H,3-31,33,35-39H2,1-2H3,(H,58,63)/b34-32+. The zero-order valence-electron chi connectivity index (χ0n) is 46.5. The first-order chi connectivity index (χ1) is 36.8. The second kappa shape index (κ2) is 41.5. The van der Waals surface area contributed by atoms with E-state index >= 15 is 0 Å². The monoisotopic (exact) mass is 1090 g/mol. The molecule has 3 aliphatic rings. The van der Waals surface area contributed by atoms with E-state index in [2.05, 4.69) is 19.2 Å². The Bertz CT molecular complexity index is 1450. The minimum Gasteiger partial charge on any atom is -0.394 e. The summed E-state index contributed by atoms with van der Waals surface area (Å²) in [6.07, 6.45) is 13.4. The number of aliphatic hydroxyl groups excluding tert-OH is 11. The molecule has 0 aromatic rings. The van der Waals surface area contributed by atoms with Crippen LogP contribution < -0.4 is 5.32 Å². The van der Waals surface area contributed by atoms with E-state index in [1.165, 1.54) is 141 Å². The van der Waals surface area contributed by atoms with Crippen molar-refractivity contribution < 1.29 is 89.4 Å². The van der Waals surface area contributed by atoms with Crippen LogP contribution in [0.3, 0.4) is 0 Å². The van der Waals surface area contributed by atoms with E-state index in [0.717, 1.165) is 44.9 Å². The second-order valence-corrected chi connectivity index (χ2v) is 21.8. The average molecular weight is 1090 g/mol. The van der Waals surface area contributed by atoms with Crippen LogP contribution in [0.2, 0.25) is 0 Å². The summed E-state index contributed by atoms with van der Waals surface area (Å²) in [5.41, 5.74) is 0. The summed E-state index contributed by atoms with van der Waals surface area (Å²) in [5, 5.41) is 120. The highest BCUT2D eigenvalue weighted by molar-refractivity contribution is 5.76.